The summed E-state index contributed by atoms with van der Waals surface area (Å²) in [7, 11) is 1.33. The number of rotatable bonds is 7. The van der Waals surface area contributed by atoms with Crippen molar-refractivity contribution in [3.8, 4) is 11.5 Å². The fourth-order valence-electron chi connectivity index (χ4n) is 2.85. The molecule has 152 valence electrons. The van der Waals surface area contributed by atoms with Gasteiger partial charge in [0.1, 0.15) is 11.4 Å². The molecule has 9 nitrogen and oxygen atoms in total. The van der Waals surface area contributed by atoms with Gasteiger partial charge in [-0.25, -0.2) is 4.79 Å². The fraction of sp³-hybridized carbons (Fsp3) is 0.316. The molecule has 0 atom stereocenters. The van der Waals surface area contributed by atoms with Crippen molar-refractivity contribution >= 4 is 23.4 Å². The van der Waals surface area contributed by atoms with Gasteiger partial charge in [-0.15, -0.1) is 10.2 Å². The first-order valence-electron chi connectivity index (χ1n) is 8.99. The Morgan fingerprint density at radius 3 is 2.72 bits per heavy atom. The van der Waals surface area contributed by atoms with Gasteiger partial charge in [0.05, 0.1) is 5.75 Å². The van der Waals surface area contributed by atoms with E-state index >= 15 is 0 Å². The standard InChI is InChI=1S/C19H21N5O4S/c1-4-8-24-15(20)14(17(26)23(3)19(24)27)13(25)10-29-18-22-21-16(28-18)12-7-5-6-11(2)9-12/h5-7,9H,4,8,10,20H2,1-3H3. The van der Waals surface area contributed by atoms with Gasteiger partial charge in [0.2, 0.25) is 5.89 Å². The van der Waals surface area contributed by atoms with Crippen molar-refractivity contribution in [1.29, 1.82) is 0 Å². The molecule has 0 aliphatic heterocycles. The molecule has 1 aromatic carbocycles. The highest BCUT2D eigenvalue weighted by atomic mass is 32.2. The smallest absolute Gasteiger partial charge is 0.332 e. The van der Waals surface area contributed by atoms with Crippen LogP contribution >= 0.6 is 11.8 Å². The molecule has 0 unspecified atom stereocenters. The van der Waals surface area contributed by atoms with Gasteiger partial charge in [0.25, 0.3) is 10.8 Å². The Bertz CT molecular complexity index is 1180. The van der Waals surface area contributed by atoms with Gasteiger partial charge in [0, 0.05) is 19.2 Å². The van der Waals surface area contributed by atoms with E-state index in [0.29, 0.717) is 18.9 Å². The second-order valence-corrected chi connectivity index (χ2v) is 7.44. The number of carbonyl (C=O) groups is 1. The first-order valence-corrected chi connectivity index (χ1v) is 9.97. The van der Waals surface area contributed by atoms with Gasteiger partial charge in [0.15, 0.2) is 5.78 Å². The van der Waals surface area contributed by atoms with Gasteiger partial charge in [-0.1, -0.05) is 36.4 Å². The molecule has 29 heavy (non-hydrogen) atoms. The van der Waals surface area contributed by atoms with Crippen molar-refractivity contribution in [2.45, 2.75) is 32.0 Å². The van der Waals surface area contributed by atoms with E-state index in [2.05, 4.69) is 10.2 Å². The molecular formula is C19H21N5O4S. The molecule has 0 amide bonds. The summed E-state index contributed by atoms with van der Waals surface area (Å²) >= 11 is 1.01. The molecule has 0 bridgehead atoms. The number of Topliss-reactive ketones (excluding diaryl/α,β-unsaturated/α-hetero) is 1. The lowest BCUT2D eigenvalue weighted by Crippen LogP contribution is -2.42. The highest BCUT2D eigenvalue weighted by Gasteiger charge is 2.22. The van der Waals surface area contributed by atoms with Crippen molar-refractivity contribution in [3.05, 3.63) is 56.2 Å². The Hall–Kier alpha value is -3.14. The van der Waals surface area contributed by atoms with E-state index in [-0.39, 0.29) is 22.4 Å². The Balaban J connectivity index is 1.82. The van der Waals surface area contributed by atoms with Crippen LogP contribution in [0.4, 0.5) is 5.82 Å². The minimum atomic E-state index is -0.712. The summed E-state index contributed by atoms with van der Waals surface area (Å²) in [6.45, 7) is 4.14. The van der Waals surface area contributed by atoms with Crippen LogP contribution in [0.1, 0.15) is 29.3 Å². The highest BCUT2D eigenvalue weighted by Crippen LogP contribution is 2.24. The molecule has 0 radical (unpaired) electrons. The van der Waals surface area contributed by atoms with Crippen LogP contribution in [0.2, 0.25) is 0 Å². The van der Waals surface area contributed by atoms with Gasteiger partial charge < -0.3 is 10.2 Å². The minimum absolute atomic E-state index is 0.114. The Morgan fingerprint density at radius 2 is 2.03 bits per heavy atom. The summed E-state index contributed by atoms with van der Waals surface area (Å²) in [5, 5.41) is 8.13. The average molecular weight is 415 g/mol. The highest BCUT2D eigenvalue weighted by molar-refractivity contribution is 7.99. The topological polar surface area (TPSA) is 126 Å². The van der Waals surface area contributed by atoms with E-state index in [1.54, 1.807) is 0 Å². The number of hydrogen-bond acceptors (Lipinski definition) is 8. The molecule has 0 spiro atoms. The van der Waals surface area contributed by atoms with Gasteiger partial charge in [-0.2, -0.15) is 0 Å². The lowest BCUT2D eigenvalue weighted by Gasteiger charge is -2.13. The molecule has 0 fully saturated rings. The summed E-state index contributed by atoms with van der Waals surface area (Å²) < 4.78 is 7.73. The number of aromatic nitrogens is 4. The van der Waals surface area contributed by atoms with Gasteiger partial charge >= 0.3 is 5.69 Å². The molecule has 0 aliphatic rings. The van der Waals surface area contributed by atoms with Crippen LogP contribution in [-0.2, 0) is 13.6 Å². The zero-order valence-corrected chi connectivity index (χ0v) is 17.2. The average Bonchev–Trinajstić information content (AvgIpc) is 3.17. The molecule has 2 aromatic heterocycles. The number of ketones is 1. The second kappa shape index (κ2) is 8.48. The SMILES string of the molecule is CCCn1c(N)c(C(=O)CSc2nnc(-c3cccc(C)c3)o2)c(=O)n(C)c1=O. The number of hydrogen-bond donors (Lipinski definition) is 1. The predicted molar refractivity (Wildman–Crippen MR) is 110 cm³/mol. The van der Waals surface area contributed by atoms with Crippen molar-refractivity contribution in [3.63, 3.8) is 0 Å². The predicted octanol–water partition coefficient (Wildman–Crippen LogP) is 1.87. The molecule has 3 aromatic rings. The van der Waals surface area contributed by atoms with E-state index in [1.165, 1.54) is 11.6 Å². The van der Waals surface area contributed by atoms with E-state index in [0.717, 1.165) is 27.5 Å². The van der Waals surface area contributed by atoms with E-state index in [9.17, 15) is 14.4 Å². The van der Waals surface area contributed by atoms with Crippen molar-refractivity contribution in [1.82, 2.24) is 19.3 Å². The molecule has 0 saturated heterocycles. The third-order valence-electron chi connectivity index (χ3n) is 4.31. The Labute approximate surface area is 170 Å². The normalized spacial score (nSPS) is 11.0. The number of nitrogens with two attached hydrogens (primary N) is 1. The molecular weight excluding hydrogens is 394 g/mol. The zero-order chi connectivity index (χ0) is 21.1. The number of aryl methyl sites for hydroxylation is 1. The second-order valence-electron chi connectivity index (χ2n) is 6.51. The molecule has 10 heteroatoms. The number of anilines is 1. The van der Waals surface area contributed by atoms with Crippen molar-refractivity contribution in [2.75, 3.05) is 11.5 Å². The fourth-order valence-corrected chi connectivity index (χ4v) is 3.48. The number of nitrogens with zero attached hydrogens (tertiary/aromatic N) is 4. The van der Waals surface area contributed by atoms with E-state index in [1.807, 2.05) is 38.1 Å². The molecule has 3 rings (SSSR count). The number of thioether (sulfide) groups is 1. The van der Waals surface area contributed by atoms with Crippen molar-refractivity contribution < 1.29 is 9.21 Å². The largest absolute Gasteiger partial charge is 0.411 e. The van der Waals surface area contributed by atoms with E-state index < -0.39 is 17.0 Å². The van der Waals surface area contributed by atoms with Crippen LogP contribution in [0.5, 0.6) is 0 Å². The van der Waals surface area contributed by atoms with Crippen LogP contribution < -0.4 is 17.0 Å². The lowest BCUT2D eigenvalue weighted by atomic mass is 10.1. The van der Waals surface area contributed by atoms with Crippen molar-refractivity contribution in [2.24, 2.45) is 7.05 Å². The summed E-state index contributed by atoms with van der Waals surface area (Å²) in [6, 6.07) is 7.60. The number of carbonyl (C=O) groups excluding carboxylic acids is 1. The summed E-state index contributed by atoms with van der Waals surface area (Å²) in [4.78, 5) is 37.3. The van der Waals surface area contributed by atoms with Crippen LogP contribution in [-0.4, -0.2) is 30.9 Å². The third kappa shape index (κ3) is 4.16. The number of nitrogen functional groups attached to an aromatic ring is 1. The molecule has 2 N–H and O–H groups in total. The minimum Gasteiger partial charge on any atom is -0.411 e. The third-order valence-corrected chi connectivity index (χ3v) is 5.13. The maximum Gasteiger partial charge on any atom is 0.332 e. The van der Waals surface area contributed by atoms with Crippen LogP contribution in [0.25, 0.3) is 11.5 Å². The zero-order valence-electron chi connectivity index (χ0n) is 16.3. The number of benzene rings is 1. The van der Waals surface area contributed by atoms with Crippen LogP contribution in [0.3, 0.4) is 0 Å². The lowest BCUT2D eigenvalue weighted by molar-refractivity contribution is 0.102. The first kappa shape index (κ1) is 20.6. The quantitative estimate of drug-likeness (QED) is 0.458. The maximum atomic E-state index is 12.7. The molecule has 2 heterocycles. The maximum absolute atomic E-state index is 12.7. The summed E-state index contributed by atoms with van der Waals surface area (Å²) in [5.74, 6) is -0.403. The molecule has 0 aliphatic carbocycles. The summed E-state index contributed by atoms with van der Waals surface area (Å²) in [6.07, 6.45) is 0.633. The summed E-state index contributed by atoms with van der Waals surface area (Å²) in [5.41, 5.74) is 6.35. The Morgan fingerprint density at radius 1 is 1.28 bits per heavy atom. The van der Waals surface area contributed by atoms with E-state index in [4.69, 9.17) is 10.2 Å². The van der Waals surface area contributed by atoms with Gasteiger partial charge in [-0.05, 0) is 25.5 Å². The monoisotopic (exact) mass is 415 g/mol. The molecule has 0 saturated carbocycles. The van der Waals surface area contributed by atoms with Crippen LogP contribution in [0, 0.1) is 6.92 Å². The Kier molecular flexibility index (Phi) is 6.02. The van der Waals surface area contributed by atoms with Gasteiger partial charge in [-0.3, -0.25) is 18.7 Å². The van der Waals surface area contributed by atoms with Crippen LogP contribution in [0.15, 0.2) is 43.5 Å². The first-order chi connectivity index (χ1) is 13.8.